The molecule has 0 spiro atoms. The van der Waals surface area contributed by atoms with Crippen LogP contribution in [-0.2, 0) is 6.54 Å². The predicted molar refractivity (Wildman–Crippen MR) is 87.2 cm³/mol. The third-order valence-electron chi connectivity index (χ3n) is 3.42. The molecule has 0 saturated carbocycles. The first-order valence-electron chi connectivity index (χ1n) is 6.50. The molecule has 1 fully saturated rings. The van der Waals surface area contributed by atoms with E-state index in [9.17, 15) is 0 Å². The highest BCUT2D eigenvalue weighted by Crippen LogP contribution is 2.33. The molecule has 1 aromatic rings. The van der Waals surface area contributed by atoms with Crippen molar-refractivity contribution < 1.29 is 9.47 Å². The lowest BCUT2D eigenvalue weighted by Gasteiger charge is -2.32. The van der Waals surface area contributed by atoms with Crippen LogP contribution in [0.3, 0.4) is 0 Å². The smallest absolute Gasteiger partial charge is 0.128 e. The van der Waals surface area contributed by atoms with Gasteiger partial charge in [0.25, 0.3) is 0 Å². The number of rotatable bonds is 4. The highest BCUT2D eigenvalue weighted by molar-refractivity contribution is 9.10. The van der Waals surface area contributed by atoms with Crippen LogP contribution in [0.15, 0.2) is 16.6 Å². The van der Waals surface area contributed by atoms with Gasteiger partial charge in [0.2, 0.25) is 0 Å². The summed E-state index contributed by atoms with van der Waals surface area (Å²) in [5.41, 5.74) is 1.18. The number of benzene rings is 1. The van der Waals surface area contributed by atoms with Crippen LogP contribution in [0.1, 0.15) is 12.5 Å². The van der Waals surface area contributed by atoms with Gasteiger partial charge in [0.15, 0.2) is 0 Å². The normalized spacial score (nSPS) is 19.3. The van der Waals surface area contributed by atoms with Gasteiger partial charge < -0.3 is 14.8 Å². The zero-order valence-corrected chi connectivity index (χ0v) is 14.5. The predicted octanol–water partition coefficient (Wildman–Crippen LogP) is 2.68. The van der Waals surface area contributed by atoms with Crippen molar-refractivity contribution in [2.24, 2.45) is 0 Å². The molecule has 1 aliphatic heterocycles. The topological polar surface area (TPSA) is 33.7 Å². The highest BCUT2D eigenvalue weighted by atomic mass is 79.9. The molecular weight excluding hydrogens is 344 g/mol. The minimum atomic E-state index is 0. The van der Waals surface area contributed by atoms with Gasteiger partial charge in [-0.25, -0.2) is 0 Å². The monoisotopic (exact) mass is 364 g/mol. The van der Waals surface area contributed by atoms with Gasteiger partial charge in [-0.1, -0.05) is 15.9 Å². The molecule has 6 heteroatoms. The van der Waals surface area contributed by atoms with Gasteiger partial charge in [0.1, 0.15) is 11.5 Å². The average molecular weight is 366 g/mol. The van der Waals surface area contributed by atoms with E-state index in [0.717, 1.165) is 42.2 Å². The molecule has 0 bridgehead atoms. The maximum atomic E-state index is 5.48. The summed E-state index contributed by atoms with van der Waals surface area (Å²) in [4.78, 5) is 2.44. The zero-order chi connectivity index (χ0) is 13.8. The van der Waals surface area contributed by atoms with Gasteiger partial charge in [0.05, 0.1) is 14.2 Å². The standard InChI is InChI=1S/C14H21BrN2O2.ClH/c1-10-8-17(5-4-16-10)9-12-13(15)6-11(18-2)7-14(12)19-3;/h6-7,10,16H,4-5,8-9H2,1-3H3;1H/t10-;/m1./s1. The first kappa shape index (κ1) is 17.6. The Labute approximate surface area is 135 Å². The molecule has 0 unspecified atom stereocenters. The summed E-state index contributed by atoms with van der Waals surface area (Å²) < 4.78 is 11.8. The molecule has 20 heavy (non-hydrogen) atoms. The number of ether oxygens (including phenoxy) is 2. The van der Waals surface area contributed by atoms with Gasteiger partial charge in [-0.05, 0) is 13.0 Å². The molecular formula is C14H22BrClN2O2. The lowest BCUT2D eigenvalue weighted by Crippen LogP contribution is -2.48. The van der Waals surface area contributed by atoms with Crippen LogP contribution in [0.5, 0.6) is 11.5 Å². The molecule has 1 saturated heterocycles. The Morgan fingerprint density at radius 3 is 2.70 bits per heavy atom. The van der Waals surface area contributed by atoms with E-state index >= 15 is 0 Å². The van der Waals surface area contributed by atoms with E-state index in [-0.39, 0.29) is 12.4 Å². The number of hydrogen-bond acceptors (Lipinski definition) is 4. The summed E-state index contributed by atoms with van der Waals surface area (Å²) >= 11 is 3.62. The first-order valence-corrected chi connectivity index (χ1v) is 7.29. The Morgan fingerprint density at radius 2 is 2.10 bits per heavy atom. The van der Waals surface area contributed by atoms with Crippen molar-refractivity contribution in [3.05, 3.63) is 22.2 Å². The third kappa shape index (κ3) is 4.25. The van der Waals surface area contributed by atoms with Gasteiger partial charge in [-0.3, -0.25) is 4.90 Å². The third-order valence-corrected chi connectivity index (χ3v) is 4.13. The second-order valence-corrected chi connectivity index (χ2v) is 5.73. The van der Waals surface area contributed by atoms with Crippen molar-refractivity contribution >= 4 is 28.3 Å². The summed E-state index contributed by atoms with van der Waals surface area (Å²) in [6.07, 6.45) is 0. The fourth-order valence-electron chi connectivity index (χ4n) is 2.42. The fraction of sp³-hybridized carbons (Fsp3) is 0.571. The molecule has 0 radical (unpaired) electrons. The Morgan fingerprint density at radius 1 is 1.35 bits per heavy atom. The Balaban J connectivity index is 0.00000200. The van der Waals surface area contributed by atoms with Crippen LogP contribution >= 0.6 is 28.3 Å². The van der Waals surface area contributed by atoms with E-state index < -0.39 is 0 Å². The Hall–Kier alpha value is -0.490. The lowest BCUT2D eigenvalue weighted by atomic mass is 10.1. The second kappa shape index (κ2) is 8.08. The van der Waals surface area contributed by atoms with E-state index in [1.54, 1.807) is 14.2 Å². The van der Waals surface area contributed by atoms with Gasteiger partial charge in [-0.2, -0.15) is 0 Å². The molecule has 1 N–H and O–H groups in total. The summed E-state index contributed by atoms with van der Waals surface area (Å²) in [7, 11) is 3.37. The molecule has 4 nitrogen and oxygen atoms in total. The molecule has 1 atom stereocenters. The number of piperazine rings is 1. The minimum Gasteiger partial charge on any atom is -0.497 e. The molecule has 1 aromatic carbocycles. The van der Waals surface area contributed by atoms with Crippen LogP contribution in [0.2, 0.25) is 0 Å². The Bertz CT molecular complexity index is 445. The molecule has 114 valence electrons. The van der Waals surface area contributed by atoms with Crippen LogP contribution in [-0.4, -0.2) is 44.8 Å². The zero-order valence-electron chi connectivity index (χ0n) is 12.1. The van der Waals surface area contributed by atoms with Crippen molar-refractivity contribution in [2.45, 2.75) is 19.5 Å². The van der Waals surface area contributed by atoms with E-state index in [2.05, 4.69) is 33.1 Å². The van der Waals surface area contributed by atoms with Crippen molar-refractivity contribution in [3.63, 3.8) is 0 Å². The maximum absolute atomic E-state index is 5.48. The number of methoxy groups -OCH3 is 2. The van der Waals surface area contributed by atoms with Gasteiger partial charge in [0, 0.05) is 48.3 Å². The summed E-state index contributed by atoms with van der Waals surface area (Å²) in [6.45, 7) is 6.26. The molecule has 1 heterocycles. The van der Waals surface area contributed by atoms with Crippen LogP contribution in [0.25, 0.3) is 0 Å². The molecule has 1 aliphatic rings. The summed E-state index contributed by atoms with van der Waals surface area (Å²) in [6, 6.07) is 4.46. The number of nitrogens with zero attached hydrogens (tertiary/aromatic N) is 1. The fourth-order valence-corrected chi connectivity index (χ4v) is 2.97. The molecule has 0 aliphatic carbocycles. The number of nitrogens with one attached hydrogen (secondary N) is 1. The van der Waals surface area contributed by atoms with Crippen LogP contribution in [0, 0.1) is 0 Å². The summed E-state index contributed by atoms with van der Waals surface area (Å²) in [5.74, 6) is 1.68. The van der Waals surface area contributed by atoms with E-state index in [4.69, 9.17) is 9.47 Å². The van der Waals surface area contributed by atoms with E-state index in [0.29, 0.717) is 6.04 Å². The lowest BCUT2D eigenvalue weighted by molar-refractivity contribution is 0.197. The maximum Gasteiger partial charge on any atom is 0.128 e. The van der Waals surface area contributed by atoms with Crippen LogP contribution in [0.4, 0.5) is 0 Å². The molecule has 2 rings (SSSR count). The van der Waals surface area contributed by atoms with Gasteiger partial charge >= 0.3 is 0 Å². The SMILES string of the molecule is COc1cc(Br)c(CN2CCN[C@H](C)C2)c(OC)c1.Cl. The van der Waals surface area contributed by atoms with Crippen molar-refractivity contribution in [2.75, 3.05) is 33.9 Å². The largest absolute Gasteiger partial charge is 0.497 e. The van der Waals surface area contributed by atoms with E-state index in [1.165, 1.54) is 5.56 Å². The van der Waals surface area contributed by atoms with Gasteiger partial charge in [-0.15, -0.1) is 12.4 Å². The highest BCUT2D eigenvalue weighted by Gasteiger charge is 2.19. The van der Waals surface area contributed by atoms with Crippen molar-refractivity contribution in [3.8, 4) is 11.5 Å². The summed E-state index contributed by atoms with van der Waals surface area (Å²) in [5, 5.41) is 3.45. The second-order valence-electron chi connectivity index (χ2n) is 4.88. The van der Waals surface area contributed by atoms with Crippen molar-refractivity contribution in [1.29, 1.82) is 0 Å². The van der Waals surface area contributed by atoms with Crippen LogP contribution < -0.4 is 14.8 Å². The number of hydrogen-bond donors (Lipinski definition) is 1. The van der Waals surface area contributed by atoms with Crippen molar-refractivity contribution in [1.82, 2.24) is 10.2 Å². The molecule has 0 aromatic heterocycles. The minimum absolute atomic E-state index is 0. The Kier molecular flexibility index (Phi) is 7.09. The first-order chi connectivity index (χ1) is 9.13. The quantitative estimate of drug-likeness (QED) is 0.889. The number of halogens is 2. The average Bonchev–Trinajstić information content (AvgIpc) is 2.40. The van der Waals surface area contributed by atoms with E-state index in [1.807, 2.05) is 12.1 Å². The molecule has 0 amide bonds.